The monoisotopic (exact) mass is 496 g/mol. The molecule has 0 radical (unpaired) electrons. The Morgan fingerprint density at radius 3 is 2.62 bits per heavy atom. The van der Waals surface area contributed by atoms with Crippen molar-refractivity contribution < 1.29 is 9.59 Å². The number of nitrogens with one attached hydrogen (secondary N) is 1. The second-order valence-electron chi connectivity index (χ2n) is 9.48. The molecule has 182 valence electrons. The first-order chi connectivity index (χ1) is 16.5. The van der Waals surface area contributed by atoms with Crippen molar-refractivity contribution in [1.82, 2.24) is 5.32 Å². The first-order valence-corrected chi connectivity index (χ1v) is 14.5. The van der Waals surface area contributed by atoms with Crippen LogP contribution in [0.5, 0.6) is 0 Å². The van der Waals surface area contributed by atoms with Gasteiger partial charge in [-0.05, 0) is 49.6 Å². The third kappa shape index (κ3) is 6.39. The average molecular weight is 497 g/mol. The smallest absolute Gasteiger partial charge is 0.241 e. The van der Waals surface area contributed by atoms with Gasteiger partial charge in [-0.2, -0.15) is 11.8 Å². The van der Waals surface area contributed by atoms with Gasteiger partial charge in [0.2, 0.25) is 11.8 Å². The number of anilines is 1. The Hall–Kier alpha value is -1.92. The molecular weight excluding hydrogens is 460 g/mol. The van der Waals surface area contributed by atoms with Crippen LogP contribution in [-0.4, -0.2) is 34.6 Å². The van der Waals surface area contributed by atoms with Crippen molar-refractivity contribution in [1.29, 1.82) is 0 Å². The molecule has 4 rings (SSSR count). The molecule has 1 aliphatic carbocycles. The second kappa shape index (κ2) is 12.2. The molecule has 0 aromatic heterocycles. The summed E-state index contributed by atoms with van der Waals surface area (Å²) in [7, 11) is 0. The van der Waals surface area contributed by atoms with Crippen LogP contribution < -0.4 is 10.2 Å². The van der Waals surface area contributed by atoms with Crippen LogP contribution in [0.4, 0.5) is 5.69 Å². The predicted octanol–water partition coefficient (Wildman–Crippen LogP) is 6.21. The number of fused-ring (bicyclic) bond motifs is 1. The minimum Gasteiger partial charge on any atom is -0.356 e. The zero-order valence-corrected chi connectivity index (χ0v) is 21.9. The summed E-state index contributed by atoms with van der Waals surface area (Å²) in [5.74, 6) is 0.689. The van der Waals surface area contributed by atoms with E-state index in [1.165, 1.54) is 49.4 Å². The molecule has 0 saturated heterocycles. The van der Waals surface area contributed by atoms with Crippen LogP contribution in [0.1, 0.15) is 56.6 Å². The Balaban J connectivity index is 1.35. The minimum absolute atomic E-state index is 0.0137. The molecule has 0 bridgehead atoms. The van der Waals surface area contributed by atoms with Crippen molar-refractivity contribution in [3.05, 3.63) is 59.7 Å². The van der Waals surface area contributed by atoms with Crippen LogP contribution in [0.15, 0.2) is 53.4 Å². The molecule has 6 heteroatoms. The second-order valence-corrected chi connectivity index (χ2v) is 12.1. The van der Waals surface area contributed by atoms with Crippen molar-refractivity contribution in [2.45, 2.75) is 74.3 Å². The van der Waals surface area contributed by atoms with Gasteiger partial charge in [-0.3, -0.25) is 9.59 Å². The SMILES string of the molecule is Cc1ccc(CN2C(=O)[C@H]([C@@H](C)C(=O)NCCCSC3CCCCC3)Sc3ccccc32)cc1. The molecule has 1 heterocycles. The molecule has 34 heavy (non-hydrogen) atoms. The summed E-state index contributed by atoms with van der Waals surface area (Å²) in [5.41, 5.74) is 3.22. The van der Waals surface area contributed by atoms with Gasteiger partial charge in [0.15, 0.2) is 0 Å². The van der Waals surface area contributed by atoms with Crippen molar-refractivity contribution in [2.24, 2.45) is 5.92 Å². The Kier molecular flexibility index (Phi) is 9.01. The van der Waals surface area contributed by atoms with Crippen molar-refractivity contribution >= 4 is 41.0 Å². The van der Waals surface area contributed by atoms with E-state index in [2.05, 4.69) is 54.3 Å². The molecule has 2 aromatic carbocycles. The fraction of sp³-hybridized carbons (Fsp3) is 0.500. The van der Waals surface area contributed by atoms with E-state index in [1.807, 2.05) is 30.0 Å². The number of rotatable bonds is 9. The van der Waals surface area contributed by atoms with Gasteiger partial charge in [0.25, 0.3) is 0 Å². The van der Waals surface area contributed by atoms with E-state index in [0.29, 0.717) is 13.1 Å². The number of aryl methyl sites for hydroxylation is 1. The van der Waals surface area contributed by atoms with E-state index < -0.39 is 11.2 Å². The molecule has 2 aromatic rings. The molecule has 1 fully saturated rings. The fourth-order valence-electron chi connectivity index (χ4n) is 4.66. The lowest BCUT2D eigenvalue weighted by molar-refractivity contribution is -0.128. The van der Waals surface area contributed by atoms with Crippen LogP contribution >= 0.6 is 23.5 Å². The van der Waals surface area contributed by atoms with E-state index in [1.54, 1.807) is 0 Å². The number of carbonyl (C=O) groups excluding carboxylic acids is 2. The Labute approximate surface area is 212 Å². The quantitative estimate of drug-likeness (QED) is 0.419. The molecule has 2 aliphatic rings. The molecule has 1 aliphatic heterocycles. The van der Waals surface area contributed by atoms with Gasteiger partial charge in [0.05, 0.1) is 18.2 Å². The normalized spacial score (nSPS) is 19.5. The van der Waals surface area contributed by atoms with Gasteiger partial charge in [0, 0.05) is 16.7 Å². The standard InChI is InChI=1S/C28H36N2O2S2/c1-20-13-15-22(16-14-20)19-30-24-11-6-7-12-25(24)34-26(28(30)32)21(2)27(31)29-17-8-18-33-23-9-4-3-5-10-23/h6-7,11-16,21,23,26H,3-5,8-10,17-19H2,1-2H3,(H,29,31)/t21-,26+/m1/s1. The van der Waals surface area contributed by atoms with Crippen LogP contribution in [0, 0.1) is 12.8 Å². The maximum absolute atomic E-state index is 13.6. The van der Waals surface area contributed by atoms with Gasteiger partial charge >= 0.3 is 0 Å². The molecule has 1 N–H and O–H groups in total. The summed E-state index contributed by atoms with van der Waals surface area (Å²) < 4.78 is 0. The number of nitrogens with zero attached hydrogens (tertiary/aromatic N) is 1. The lowest BCUT2D eigenvalue weighted by Gasteiger charge is -2.35. The fourth-order valence-corrected chi connectivity index (χ4v) is 7.25. The topological polar surface area (TPSA) is 49.4 Å². The largest absolute Gasteiger partial charge is 0.356 e. The molecular formula is C28H36N2O2S2. The van der Waals surface area contributed by atoms with E-state index in [-0.39, 0.29) is 11.8 Å². The lowest BCUT2D eigenvalue weighted by atomic mass is 10.0. The maximum Gasteiger partial charge on any atom is 0.241 e. The van der Waals surface area contributed by atoms with E-state index in [0.717, 1.165) is 33.6 Å². The first kappa shape index (κ1) is 25.2. The van der Waals surface area contributed by atoms with Crippen molar-refractivity contribution in [3.8, 4) is 0 Å². The lowest BCUT2D eigenvalue weighted by Crippen LogP contribution is -2.47. The van der Waals surface area contributed by atoms with Crippen LogP contribution in [0.2, 0.25) is 0 Å². The third-order valence-corrected chi connectivity index (χ3v) is 9.70. The Morgan fingerprint density at radius 1 is 1.12 bits per heavy atom. The van der Waals surface area contributed by atoms with E-state index in [9.17, 15) is 9.59 Å². The molecule has 0 unspecified atom stereocenters. The van der Waals surface area contributed by atoms with Gasteiger partial charge < -0.3 is 10.2 Å². The number of hydrogen-bond acceptors (Lipinski definition) is 4. The summed E-state index contributed by atoms with van der Waals surface area (Å²) in [4.78, 5) is 29.5. The third-order valence-electron chi connectivity index (χ3n) is 6.77. The molecule has 0 spiro atoms. The zero-order chi connectivity index (χ0) is 23.9. The summed E-state index contributed by atoms with van der Waals surface area (Å²) in [6, 6.07) is 16.3. The number of hydrogen-bond donors (Lipinski definition) is 1. The van der Waals surface area contributed by atoms with Crippen molar-refractivity contribution in [3.63, 3.8) is 0 Å². The van der Waals surface area contributed by atoms with Crippen LogP contribution in [0.3, 0.4) is 0 Å². The number of thioether (sulfide) groups is 2. The number of para-hydroxylation sites is 1. The minimum atomic E-state index is -0.419. The molecule has 2 amide bonds. The summed E-state index contributed by atoms with van der Waals surface area (Å²) in [6.07, 6.45) is 7.78. The van der Waals surface area contributed by atoms with Gasteiger partial charge in [-0.25, -0.2) is 0 Å². The van der Waals surface area contributed by atoms with Gasteiger partial charge in [0.1, 0.15) is 5.25 Å². The molecule has 4 nitrogen and oxygen atoms in total. The number of benzene rings is 2. The first-order valence-electron chi connectivity index (χ1n) is 12.5. The summed E-state index contributed by atoms with van der Waals surface area (Å²) >= 11 is 3.59. The highest BCUT2D eigenvalue weighted by atomic mass is 32.2. The highest BCUT2D eigenvalue weighted by molar-refractivity contribution is 8.01. The van der Waals surface area contributed by atoms with E-state index in [4.69, 9.17) is 0 Å². The summed E-state index contributed by atoms with van der Waals surface area (Å²) in [5, 5.41) is 3.48. The highest BCUT2D eigenvalue weighted by Gasteiger charge is 2.39. The average Bonchev–Trinajstić information content (AvgIpc) is 2.86. The number of carbonyl (C=O) groups is 2. The van der Waals surface area contributed by atoms with Gasteiger partial charge in [-0.1, -0.05) is 68.1 Å². The summed E-state index contributed by atoms with van der Waals surface area (Å²) in [6.45, 7) is 5.14. The Morgan fingerprint density at radius 2 is 1.85 bits per heavy atom. The number of amides is 2. The van der Waals surface area contributed by atoms with Crippen LogP contribution in [0.25, 0.3) is 0 Å². The maximum atomic E-state index is 13.6. The Bertz CT molecular complexity index is 973. The van der Waals surface area contributed by atoms with Gasteiger partial charge in [-0.15, -0.1) is 11.8 Å². The zero-order valence-electron chi connectivity index (χ0n) is 20.3. The van der Waals surface area contributed by atoms with Crippen molar-refractivity contribution in [2.75, 3.05) is 17.2 Å². The predicted molar refractivity (Wildman–Crippen MR) is 145 cm³/mol. The van der Waals surface area contributed by atoms with E-state index >= 15 is 0 Å². The highest BCUT2D eigenvalue weighted by Crippen LogP contribution is 2.42. The molecule has 2 atom stereocenters. The molecule has 1 saturated carbocycles. The van der Waals surface area contributed by atoms with Crippen LogP contribution in [-0.2, 0) is 16.1 Å².